The predicted molar refractivity (Wildman–Crippen MR) is 73.0 cm³/mol. The molecule has 2 heterocycles. The van der Waals surface area contributed by atoms with E-state index in [0.29, 0.717) is 6.54 Å². The molecular formula is C12H13N3S2. The van der Waals surface area contributed by atoms with E-state index >= 15 is 0 Å². The highest BCUT2D eigenvalue weighted by Gasteiger charge is 2.05. The zero-order valence-corrected chi connectivity index (χ0v) is 11.1. The number of nitrogens with two attached hydrogens (primary N) is 1. The molecule has 0 aliphatic rings. The lowest BCUT2D eigenvalue weighted by molar-refractivity contribution is 0.790. The zero-order valence-electron chi connectivity index (χ0n) is 9.51. The number of nitrogens with zero attached hydrogens (tertiary/aromatic N) is 2. The molecule has 2 aromatic rings. The SMILES string of the molecule is Cn1ccnc1SCc1sccc1C#CCN. The van der Waals surface area contributed by atoms with Gasteiger partial charge in [0.05, 0.1) is 6.54 Å². The van der Waals surface area contributed by atoms with Crippen molar-refractivity contribution in [1.82, 2.24) is 9.55 Å². The van der Waals surface area contributed by atoms with Crippen LogP contribution in [0.3, 0.4) is 0 Å². The first-order chi connectivity index (χ1) is 8.31. The van der Waals surface area contributed by atoms with Crippen molar-refractivity contribution in [3.8, 4) is 11.8 Å². The van der Waals surface area contributed by atoms with Gasteiger partial charge in [-0.25, -0.2) is 4.98 Å². The van der Waals surface area contributed by atoms with E-state index in [1.165, 1.54) is 4.88 Å². The van der Waals surface area contributed by atoms with Crippen LogP contribution >= 0.6 is 23.1 Å². The maximum Gasteiger partial charge on any atom is 0.168 e. The van der Waals surface area contributed by atoms with Crippen molar-refractivity contribution in [1.29, 1.82) is 0 Å². The van der Waals surface area contributed by atoms with Crippen LogP contribution in [0.1, 0.15) is 10.4 Å². The number of aromatic nitrogens is 2. The van der Waals surface area contributed by atoms with E-state index < -0.39 is 0 Å². The van der Waals surface area contributed by atoms with Crippen molar-refractivity contribution < 1.29 is 0 Å². The van der Waals surface area contributed by atoms with Gasteiger partial charge in [0.2, 0.25) is 0 Å². The molecule has 0 saturated heterocycles. The molecular weight excluding hydrogens is 250 g/mol. The van der Waals surface area contributed by atoms with Crippen LogP contribution < -0.4 is 5.73 Å². The smallest absolute Gasteiger partial charge is 0.168 e. The van der Waals surface area contributed by atoms with Gasteiger partial charge >= 0.3 is 0 Å². The molecule has 3 nitrogen and oxygen atoms in total. The Labute approximate surface area is 109 Å². The summed E-state index contributed by atoms with van der Waals surface area (Å²) < 4.78 is 2.02. The van der Waals surface area contributed by atoms with E-state index in [9.17, 15) is 0 Å². The van der Waals surface area contributed by atoms with Gasteiger partial charge in [-0.2, -0.15) is 0 Å². The number of hydrogen-bond acceptors (Lipinski definition) is 4. The lowest BCUT2D eigenvalue weighted by Crippen LogP contribution is -1.93. The zero-order chi connectivity index (χ0) is 12.1. The molecule has 0 aliphatic carbocycles. The van der Waals surface area contributed by atoms with Crippen LogP contribution in [0.4, 0.5) is 0 Å². The van der Waals surface area contributed by atoms with Crippen LogP contribution in [0.2, 0.25) is 0 Å². The van der Waals surface area contributed by atoms with Crippen molar-refractivity contribution in [2.45, 2.75) is 10.9 Å². The molecule has 0 unspecified atom stereocenters. The Morgan fingerprint density at radius 2 is 2.47 bits per heavy atom. The van der Waals surface area contributed by atoms with Gasteiger partial charge in [-0.3, -0.25) is 0 Å². The fourth-order valence-corrected chi connectivity index (χ4v) is 3.21. The molecule has 17 heavy (non-hydrogen) atoms. The Bertz CT molecular complexity index is 545. The van der Waals surface area contributed by atoms with E-state index in [1.54, 1.807) is 23.1 Å². The summed E-state index contributed by atoms with van der Waals surface area (Å²) in [6.45, 7) is 0.405. The fourth-order valence-electron chi connectivity index (χ4n) is 1.33. The molecule has 0 aromatic carbocycles. The topological polar surface area (TPSA) is 43.8 Å². The molecule has 5 heteroatoms. The van der Waals surface area contributed by atoms with Crippen molar-refractivity contribution in [3.05, 3.63) is 34.3 Å². The van der Waals surface area contributed by atoms with E-state index in [4.69, 9.17) is 5.73 Å². The van der Waals surface area contributed by atoms with Crippen molar-refractivity contribution >= 4 is 23.1 Å². The highest BCUT2D eigenvalue weighted by atomic mass is 32.2. The van der Waals surface area contributed by atoms with Gasteiger partial charge in [-0.05, 0) is 11.4 Å². The Kier molecular flexibility index (Phi) is 4.26. The minimum Gasteiger partial charge on any atom is -0.329 e. The van der Waals surface area contributed by atoms with Crippen LogP contribution in [0.5, 0.6) is 0 Å². The molecule has 0 atom stereocenters. The number of thiophene rings is 1. The lowest BCUT2D eigenvalue weighted by Gasteiger charge is -2.00. The number of rotatable bonds is 3. The maximum absolute atomic E-state index is 5.38. The summed E-state index contributed by atoms with van der Waals surface area (Å²) in [6.07, 6.45) is 3.76. The van der Waals surface area contributed by atoms with Crippen LogP contribution in [-0.4, -0.2) is 16.1 Å². The Morgan fingerprint density at radius 1 is 1.59 bits per heavy atom. The molecule has 0 saturated carbocycles. The first kappa shape index (κ1) is 12.2. The average Bonchev–Trinajstić information content (AvgIpc) is 2.93. The number of imidazole rings is 1. The molecule has 2 aromatic heterocycles. The maximum atomic E-state index is 5.38. The van der Waals surface area contributed by atoms with Crippen LogP contribution in [0.15, 0.2) is 29.0 Å². The highest BCUT2D eigenvalue weighted by Crippen LogP contribution is 2.26. The molecule has 0 aliphatic heterocycles. The van der Waals surface area contributed by atoms with E-state index in [2.05, 4.69) is 22.2 Å². The van der Waals surface area contributed by atoms with Gasteiger partial charge in [0.25, 0.3) is 0 Å². The molecule has 2 N–H and O–H groups in total. The van der Waals surface area contributed by atoms with Crippen molar-refractivity contribution in [2.75, 3.05) is 6.54 Å². The monoisotopic (exact) mass is 263 g/mol. The Morgan fingerprint density at radius 3 is 3.18 bits per heavy atom. The minimum absolute atomic E-state index is 0.405. The van der Waals surface area contributed by atoms with Crippen molar-refractivity contribution in [2.24, 2.45) is 12.8 Å². The lowest BCUT2D eigenvalue weighted by atomic mass is 10.3. The highest BCUT2D eigenvalue weighted by molar-refractivity contribution is 7.98. The predicted octanol–water partition coefficient (Wildman–Crippen LogP) is 2.08. The summed E-state index contributed by atoms with van der Waals surface area (Å²) in [5.74, 6) is 6.88. The molecule has 0 fully saturated rings. The second-order valence-corrected chi connectivity index (χ2v) is 5.32. The quantitative estimate of drug-likeness (QED) is 0.681. The average molecular weight is 263 g/mol. The Balaban J connectivity index is 2.04. The molecule has 0 amide bonds. The summed E-state index contributed by atoms with van der Waals surface area (Å²) in [7, 11) is 2.00. The van der Waals surface area contributed by atoms with Crippen LogP contribution in [-0.2, 0) is 12.8 Å². The summed E-state index contributed by atoms with van der Waals surface area (Å²) >= 11 is 3.45. The second-order valence-electron chi connectivity index (χ2n) is 3.37. The molecule has 0 bridgehead atoms. The largest absolute Gasteiger partial charge is 0.329 e. The standard InChI is InChI=1S/C12H13N3S2/c1-15-7-6-14-12(15)17-9-11-10(3-2-5-13)4-8-16-11/h4,6-8H,5,9,13H2,1H3. The van der Waals surface area contributed by atoms with Crippen molar-refractivity contribution in [3.63, 3.8) is 0 Å². The van der Waals surface area contributed by atoms with Gasteiger partial charge in [-0.15, -0.1) is 11.3 Å². The van der Waals surface area contributed by atoms with Crippen LogP contribution in [0.25, 0.3) is 0 Å². The first-order valence-corrected chi connectivity index (χ1v) is 7.03. The third-order valence-corrected chi connectivity index (χ3v) is 4.37. The van der Waals surface area contributed by atoms with Crippen LogP contribution in [0, 0.1) is 11.8 Å². The van der Waals surface area contributed by atoms with Gasteiger partial charge in [0, 0.05) is 35.6 Å². The minimum atomic E-state index is 0.405. The summed E-state index contributed by atoms with van der Waals surface area (Å²) in [5, 5.41) is 3.09. The number of aryl methyl sites for hydroxylation is 1. The molecule has 0 radical (unpaired) electrons. The van der Waals surface area contributed by atoms with Gasteiger partial charge < -0.3 is 10.3 Å². The van der Waals surface area contributed by atoms with Gasteiger partial charge in [-0.1, -0.05) is 23.6 Å². The fraction of sp³-hybridized carbons (Fsp3) is 0.250. The summed E-state index contributed by atoms with van der Waals surface area (Å²) in [4.78, 5) is 5.56. The third kappa shape index (κ3) is 3.13. The first-order valence-electron chi connectivity index (χ1n) is 5.16. The van der Waals surface area contributed by atoms with Gasteiger partial charge in [0.15, 0.2) is 5.16 Å². The number of thioether (sulfide) groups is 1. The number of hydrogen-bond donors (Lipinski definition) is 1. The Hall–Kier alpha value is -1.22. The summed E-state index contributed by atoms with van der Waals surface area (Å²) in [6, 6.07) is 2.04. The van der Waals surface area contributed by atoms with E-state index in [0.717, 1.165) is 16.5 Å². The van der Waals surface area contributed by atoms with Gasteiger partial charge in [0.1, 0.15) is 0 Å². The molecule has 0 spiro atoms. The normalized spacial score (nSPS) is 10.0. The van der Waals surface area contributed by atoms with E-state index in [1.807, 2.05) is 30.1 Å². The van der Waals surface area contributed by atoms with E-state index in [-0.39, 0.29) is 0 Å². The molecule has 88 valence electrons. The molecule has 2 rings (SSSR count). The third-order valence-electron chi connectivity index (χ3n) is 2.18. The summed E-state index contributed by atoms with van der Waals surface area (Å²) in [5.41, 5.74) is 6.46. The second kappa shape index (κ2) is 5.92.